The van der Waals surface area contributed by atoms with Crippen molar-refractivity contribution in [2.24, 2.45) is 5.92 Å². The molecule has 1 atom stereocenters. The molecule has 1 saturated heterocycles. The van der Waals surface area contributed by atoms with E-state index in [-0.39, 0.29) is 23.9 Å². The highest BCUT2D eigenvalue weighted by Gasteiger charge is 2.21. The molecule has 2 aliphatic rings. The number of rotatable bonds is 4. The van der Waals surface area contributed by atoms with E-state index in [1.165, 1.54) is 39.1 Å². The lowest BCUT2D eigenvalue weighted by Gasteiger charge is -2.26. The zero-order valence-corrected chi connectivity index (χ0v) is 17.5. The van der Waals surface area contributed by atoms with Gasteiger partial charge in [0.2, 0.25) is 5.91 Å². The van der Waals surface area contributed by atoms with Crippen LogP contribution in [-0.4, -0.2) is 39.4 Å². The van der Waals surface area contributed by atoms with Crippen molar-refractivity contribution in [1.29, 1.82) is 0 Å². The molecule has 8 heteroatoms. The van der Waals surface area contributed by atoms with Crippen molar-refractivity contribution in [3.63, 3.8) is 0 Å². The van der Waals surface area contributed by atoms with Gasteiger partial charge in [0, 0.05) is 30.2 Å². The smallest absolute Gasteiger partial charge is 0.258 e. The number of hydrogen-bond donors (Lipinski definition) is 1. The first kappa shape index (κ1) is 19.8. The molecule has 7 nitrogen and oxygen atoms in total. The van der Waals surface area contributed by atoms with Crippen LogP contribution >= 0.6 is 11.3 Å². The van der Waals surface area contributed by atoms with Crippen LogP contribution in [0.2, 0.25) is 0 Å². The van der Waals surface area contributed by atoms with Gasteiger partial charge in [-0.05, 0) is 50.5 Å². The highest BCUT2D eigenvalue weighted by molar-refractivity contribution is 7.15. The summed E-state index contributed by atoms with van der Waals surface area (Å²) in [5.74, 6) is 0.252. The van der Waals surface area contributed by atoms with Crippen LogP contribution in [0.3, 0.4) is 0 Å². The number of aromatic nitrogens is 2. The highest BCUT2D eigenvalue weighted by Crippen LogP contribution is 2.32. The minimum Gasteiger partial charge on any atom is -0.341 e. The van der Waals surface area contributed by atoms with Gasteiger partial charge in [0.1, 0.15) is 6.54 Å². The molecule has 1 fully saturated rings. The Morgan fingerprint density at radius 1 is 1.24 bits per heavy atom. The van der Waals surface area contributed by atoms with Crippen molar-refractivity contribution >= 4 is 28.3 Å². The molecule has 1 aliphatic carbocycles. The van der Waals surface area contributed by atoms with Crippen molar-refractivity contribution in [2.75, 3.05) is 18.4 Å². The van der Waals surface area contributed by atoms with Crippen LogP contribution in [0, 0.1) is 5.92 Å². The normalized spacial score (nSPS) is 18.9. The fourth-order valence-corrected chi connectivity index (χ4v) is 5.11. The molecular formula is C21H26N4O3S. The minimum atomic E-state index is -0.316. The van der Waals surface area contributed by atoms with E-state index in [9.17, 15) is 14.4 Å². The lowest BCUT2D eigenvalue weighted by atomic mass is 9.93. The number of amides is 2. The second-order valence-electron chi connectivity index (χ2n) is 8.02. The van der Waals surface area contributed by atoms with Gasteiger partial charge in [-0.1, -0.05) is 6.92 Å². The summed E-state index contributed by atoms with van der Waals surface area (Å²) in [5, 5.41) is 3.45. The Labute approximate surface area is 173 Å². The van der Waals surface area contributed by atoms with E-state index in [4.69, 9.17) is 0 Å². The molecule has 1 aliphatic heterocycles. The first-order valence-corrected chi connectivity index (χ1v) is 11.1. The predicted molar refractivity (Wildman–Crippen MR) is 112 cm³/mol. The van der Waals surface area contributed by atoms with Gasteiger partial charge in [0.05, 0.1) is 11.3 Å². The molecule has 0 saturated carbocycles. The summed E-state index contributed by atoms with van der Waals surface area (Å²) in [4.78, 5) is 45.0. The maximum absolute atomic E-state index is 12.7. The number of thiazole rings is 1. The number of hydrogen-bond acceptors (Lipinski definition) is 5. The average Bonchev–Trinajstić information content (AvgIpc) is 3.11. The molecule has 4 rings (SSSR count). The number of nitrogens with one attached hydrogen (secondary N) is 1. The summed E-state index contributed by atoms with van der Waals surface area (Å²) < 4.78 is 1.32. The molecule has 154 valence electrons. The molecule has 0 aromatic carbocycles. The third-order valence-corrected chi connectivity index (χ3v) is 6.70. The van der Waals surface area contributed by atoms with E-state index in [0.29, 0.717) is 16.6 Å². The fourth-order valence-electron chi connectivity index (χ4n) is 3.94. The zero-order chi connectivity index (χ0) is 20.4. The fraction of sp³-hybridized carbons (Fsp3) is 0.524. The van der Waals surface area contributed by atoms with Crippen molar-refractivity contribution in [3.05, 3.63) is 44.8 Å². The monoisotopic (exact) mass is 414 g/mol. The lowest BCUT2D eigenvalue weighted by molar-refractivity contribution is -0.132. The highest BCUT2D eigenvalue weighted by atomic mass is 32.1. The van der Waals surface area contributed by atoms with Crippen molar-refractivity contribution < 1.29 is 9.59 Å². The molecule has 0 unspecified atom stereocenters. The maximum Gasteiger partial charge on any atom is 0.258 e. The van der Waals surface area contributed by atoms with Crippen LogP contribution < -0.4 is 10.9 Å². The summed E-state index contributed by atoms with van der Waals surface area (Å²) in [7, 11) is 0. The molecule has 29 heavy (non-hydrogen) atoms. The number of pyridine rings is 1. The van der Waals surface area contributed by atoms with Gasteiger partial charge in [-0.15, -0.1) is 11.3 Å². The van der Waals surface area contributed by atoms with Gasteiger partial charge < -0.3 is 9.47 Å². The molecule has 2 aromatic heterocycles. The lowest BCUT2D eigenvalue weighted by Crippen LogP contribution is -2.39. The number of aryl methyl sites for hydroxylation is 1. The predicted octanol–water partition coefficient (Wildman–Crippen LogP) is 2.69. The van der Waals surface area contributed by atoms with Gasteiger partial charge in [-0.2, -0.15) is 0 Å². The SMILES string of the molecule is C[C@@H]1CCc2nc(NC(=O)c3ccc(=O)n(CC(=O)N4CCCCC4)c3)sc2C1. The van der Waals surface area contributed by atoms with E-state index in [2.05, 4.69) is 17.2 Å². The van der Waals surface area contributed by atoms with E-state index < -0.39 is 0 Å². The number of piperidine rings is 1. The number of likely N-dealkylation sites (tertiary alicyclic amines) is 1. The number of anilines is 1. The summed E-state index contributed by atoms with van der Waals surface area (Å²) >= 11 is 1.53. The Balaban J connectivity index is 1.46. The van der Waals surface area contributed by atoms with E-state index in [1.54, 1.807) is 4.90 Å². The largest absolute Gasteiger partial charge is 0.341 e. The third-order valence-electron chi connectivity index (χ3n) is 5.67. The van der Waals surface area contributed by atoms with Gasteiger partial charge in [-0.3, -0.25) is 19.7 Å². The molecule has 1 N–H and O–H groups in total. The molecule has 2 aromatic rings. The van der Waals surface area contributed by atoms with Crippen LogP contribution in [0.15, 0.2) is 23.1 Å². The second-order valence-corrected chi connectivity index (χ2v) is 9.10. The topological polar surface area (TPSA) is 84.3 Å². The van der Waals surface area contributed by atoms with Crippen LogP contribution in [-0.2, 0) is 24.2 Å². The Bertz CT molecular complexity index is 975. The number of fused-ring (bicyclic) bond motifs is 1. The molecule has 2 amide bonds. The molecule has 0 spiro atoms. The Morgan fingerprint density at radius 2 is 2.03 bits per heavy atom. The standard InChI is InChI=1S/C21H26N4O3S/c1-14-5-7-16-17(11-14)29-21(22-16)23-20(28)15-6-8-18(26)25(12-15)13-19(27)24-9-3-2-4-10-24/h6,8,12,14H,2-5,7,9-11,13H2,1H3,(H,22,23,28)/t14-/m1/s1. The molecule has 0 bridgehead atoms. The van der Waals surface area contributed by atoms with Crippen molar-refractivity contribution in [2.45, 2.75) is 52.0 Å². The quantitative estimate of drug-likeness (QED) is 0.834. The van der Waals surface area contributed by atoms with Crippen LogP contribution in [0.25, 0.3) is 0 Å². The minimum absolute atomic E-state index is 0.0383. The first-order valence-electron chi connectivity index (χ1n) is 10.3. The van der Waals surface area contributed by atoms with Crippen molar-refractivity contribution in [3.8, 4) is 0 Å². The zero-order valence-electron chi connectivity index (χ0n) is 16.6. The van der Waals surface area contributed by atoms with Gasteiger partial charge in [0.15, 0.2) is 5.13 Å². The molecule has 0 radical (unpaired) electrons. The third kappa shape index (κ3) is 4.58. The van der Waals surface area contributed by atoms with Crippen LogP contribution in [0.5, 0.6) is 0 Å². The Hall–Kier alpha value is -2.48. The summed E-state index contributed by atoms with van der Waals surface area (Å²) in [5.41, 5.74) is 1.14. The average molecular weight is 415 g/mol. The first-order chi connectivity index (χ1) is 14.0. The maximum atomic E-state index is 12.7. The second kappa shape index (κ2) is 8.49. The Morgan fingerprint density at radius 3 is 2.83 bits per heavy atom. The summed E-state index contributed by atoms with van der Waals surface area (Å²) in [6.45, 7) is 3.67. The summed E-state index contributed by atoms with van der Waals surface area (Å²) in [6.07, 6.45) is 7.69. The summed E-state index contributed by atoms with van der Waals surface area (Å²) in [6, 6.07) is 2.84. The van der Waals surface area contributed by atoms with Crippen molar-refractivity contribution in [1.82, 2.24) is 14.5 Å². The molecule has 3 heterocycles. The van der Waals surface area contributed by atoms with E-state index in [1.807, 2.05) is 0 Å². The van der Waals surface area contributed by atoms with E-state index in [0.717, 1.165) is 57.3 Å². The van der Waals surface area contributed by atoms with Gasteiger partial charge in [0.25, 0.3) is 11.5 Å². The van der Waals surface area contributed by atoms with Crippen LogP contribution in [0.4, 0.5) is 5.13 Å². The number of carbonyl (C=O) groups excluding carboxylic acids is 2. The number of carbonyl (C=O) groups is 2. The number of nitrogens with zero attached hydrogens (tertiary/aromatic N) is 3. The Kier molecular flexibility index (Phi) is 5.80. The van der Waals surface area contributed by atoms with Gasteiger partial charge >= 0.3 is 0 Å². The van der Waals surface area contributed by atoms with E-state index >= 15 is 0 Å². The van der Waals surface area contributed by atoms with Gasteiger partial charge in [-0.25, -0.2) is 4.98 Å². The molecular weight excluding hydrogens is 388 g/mol. The van der Waals surface area contributed by atoms with Crippen LogP contribution in [0.1, 0.15) is 53.5 Å².